The van der Waals surface area contributed by atoms with Crippen LogP contribution in [0.4, 0.5) is 0 Å². The molecule has 2 aromatic carbocycles. The molecule has 0 aliphatic carbocycles. The Morgan fingerprint density at radius 2 is 1.65 bits per heavy atom. The van der Waals surface area contributed by atoms with Crippen molar-refractivity contribution < 1.29 is 0 Å². The average Bonchev–Trinajstić information content (AvgIpc) is 2.41. The van der Waals surface area contributed by atoms with Gasteiger partial charge >= 0.3 is 0 Å². The molecular formula is C18H22ClN. The Morgan fingerprint density at radius 1 is 1.00 bits per heavy atom. The van der Waals surface area contributed by atoms with Crippen molar-refractivity contribution in [2.24, 2.45) is 0 Å². The number of rotatable bonds is 5. The monoisotopic (exact) mass is 287 g/mol. The molecule has 0 saturated heterocycles. The first-order valence-corrected chi connectivity index (χ1v) is 7.50. The molecule has 2 heteroatoms. The Morgan fingerprint density at radius 3 is 2.35 bits per heavy atom. The third kappa shape index (κ3) is 3.84. The highest BCUT2D eigenvalue weighted by Crippen LogP contribution is 2.20. The van der Waals surface area contributed by atoms with E-state index in [0.29, 0.717) is 12.1 Å². The van der Waals surface area contributed by atoms with E-state index in [2.05, 4.69) is 56.4 Å². The Kier molecular flexibility index (Phi) is 5.22. The highest BCUT2D eigenvalue weighted by molar-refractivity contribution is 6.31. The van der Waals surface area contributed by atoms with Crippen LogP contribution in [0.2, 0.25) is 5.02 Å². The molecule has 2 rings (SSSR count). The van der Waals surface area contributed by atoms with Crippen molar-refractivity contribution in [3.63, 3.8) is 0 Å². The second kappa shape index (κ2) is 6.92. The molecule has 1 N–H and O–H groups in total. The van der Waals surface area contributed by atoms with Crippen molar-refractivity contribution in [3.05, 3.63) is 70.2 Å². The zero-order chi connectivity index (χ0) is 14.5. The van der Waals surface area contributed by atoms with Crippen molar-refractivity contribution in [3.8, 4) is 0 Å². The SMILES string of the molecule is Cc1ccccc1C(C)NC(C)Cc1ccccc1Cl. The number of nitrogens with one attached hydrogen (secondary N) is 1. The lowest BCUT2D eigenvalue weighted by Crippen LogP contribution is -2.31. The molecule has 0 bridgehead atoms. The fourth-order valence-corrected chi connectivity index (χ4v) is 2.85. The van der Waals surface area contributed by atoms with Crippen LogP contribution in [0.3, 0.4) is 0 Å². The molecule has 0 aromatic heterocycles. The lowest BCUT2D eigenvalue weighted by molar-refractivity contribution is 0.476. The third-order valence-electron chi connectivity index (χ3n) is 3.67. The Labute approximate surface area is 127 Å². The van der Waals surface area contributed by atoms with E-state index in [9.17, 15) is 0 Å². The Balaban J connectivity index is 2.00. The quantitative estimate of drug-likeness (QED) is 0.822. The zero-order valence-corrected chi connectivity index (χ0v) is 13.1. The maximum absolute atomic E-state index is 6.22. The molecule has 0 amide bonds. The smallest absolute Gasteiger partial charge is 0.0438 e. The van der Waals surface area contributed by atoms with Gasteiger partial charge in [-0.15, -0.1) is 0 Å². The summed E-state index contributed by atoms with van der Waals surface area (Å²) in [6, 6.07) is 17.3. The minimum atomic E-state index is 0.341. The molecule has 0 spiro atoms. The first kappa shape index (κ1) is 15.1. The summed E-state index contributed by atoms with van der Waals surface area (Å²) >= 11 is 6.22. The summed E-state index contributed by atoms with van der Waals surface area (Å²) in [5.41, 5.74) is 3.89. The van der Waals surface area contributed by atoms with E-state index < -0.39 is 0 Å². The van der Waals surface area contributed by atoms with Crippen LogP contribution in [-0.2, 0) is 6.42 Å². The average molecular weight is 288 g/mol. The van der Waals surface area contributed by atoms with Crippen LogP contribution in [0.15, 0.2) is 48.5 Å². The van der Waals surface area contributed by atoms with Gasteiger partial charge in [-0.3, -0.25) is 0 Å². The number of halogens is 1. The molecular weight excluding hydrogens is 266 g/mol. The zero-order valence-electron chi connectivity index (χ0n) is 12.4. The van der Waals surface area contributed by atoms with Gasteiger partial charge in [0.05, 0.1) is 0 Å². The van der Waals surface area contributed by atoms with Gasteiger partial charge in [0, 0.05) is 17.1 Å². The third-order valence-corrected chi connectivity index (χ3v) is 4.04. The van der Waals surface area contributed by atoms with Gasteiger partial charge in [-0.25, -0.2) is 0 Å². The molecule has 2 unspecified atom stereocenters. The standard InChI is InChI=1S/C18H22ClN/c1-13-8-4-6-10-17(13)15(3)20-14(2)12-16-9-5-7-11-18(16)19/h4-11,14-15,20H,12H2,1-3H3. The van der Waals surface area contributed by atoms with Crippen LogP contribution >= 0.6 is 11.6 Å². The largest absolute Gasteiger partial charge is 0.307 e. The fraction of sp³-hybridized carbons (Fsp3) is 0.333. The van der Waals surface area contributed by atoms with E-state index >= 15 is 0 Å². The summed E-state index contributed by atoms with van der Waals surface area (Å²) in [5.74, 6) is 0. The number of hydrogen-bond donors (Lipinski definition) is 1. The molecule has 106 valence electrons. The van der Waals surface area contributed by atoms with E-state index in [1.165, 1.54) is 16.7 Å². The van der Waals surface area contributed by atoms with Gasteiger partial charge in [-0.05, 0) is 49.9 Å². The highest BCUT2D eigenvalue weighted by atomic mass is 35.5. The van der Waals surface area contributed by atoms with Crippen molar-refractivity contribution in [1.82, 2.24) is 5.32 Å². The summed E-state index contributed by atoms with van der Waals surface area (Å²) in [7, 11) is 0. The first-order chi connectivity index (χ1) is 9.58. The number of hydrogen-bond acceptors (Lipinski definition) is 1. The summed E-state index contributed by atoms with van der Waals surface area (Å²) in [5, 5.41) is 4.51. The molecule has 0 fully saturated rings. The van der Waals surface area contributed by atoms with Crippen LogP contribution in [0.25, 0.3) is 0 Å². The van der Waals surface area contributed by atoms with Crippen molar-refractivity contribution in [2.75, 3.05) is 0 Å². The minimum absolute atomic E-state index is 0.341. The summed E-state index contributed by atoms with van der Waals surface area (Å²) < 4.78 is 0. The second-order valence-corrected chi connectivity index (χ2v) is 5.85. The van der Waals surface area contributed by atoms with E-state index in [1.54, 1.807) is 0 Å². The maximum atomic E-state index is 6.22. The van der Waals surface area contributed by atoms with Gasteiger partial charge in [-0.1, -0.05) is 54.1 Å². The fourth-order valence-electron chi connectivity index (χ4n) is 2.64. The lowest BCUT2D eigenvalue weighted by Gasteiger charge is -2.22. The molecule has 0 radical (unpaired) electrons. The van der Waals surface area contributed by atoms with E-state index in [0.717, 1.165) is 11.4 Å². The summed E-state index contributed by atoms with van der Waals surface area (Å²) in [6.07, 6.45) is 0.940. The molecule has 1 nitrogen and oxygen atoms in total. The predicted molar refractivity (Wildman–Crippen MR) is 87.3 cm³/mol. The highest BCUT2D eigenvalue weighted by Gasteiger charge is 2.12. The van der Waals surface area contributed by atoms with Gasteiger partial charge < -0.3 is 5.32 Å². The van der Waals surface area contributed by atoms with Crippen LogP contribution in [0, 0.1) is 6.92 Å². The molecule has 20 heavy (non-hydrogen) atoms. The molecule has 2 aromatic rings. The molecule has 0 heterocycles. The van der Waals surface area contributed by atoms with Crippen LogP contribution in [0.5, 0.6) is 0 Å². The van der Waals surface area contributed by atoms with Crippen molar-refractivity contribution in [1.29, 1.82) is 0 Å². The van der Waals surface area contributed by atoms with Gasteiger partial charge in [0.15, 0.2) is 0 Å². The summed E-state index contributed by atoms with van der Waals surface area (Å²) in [6.45, 7) is 6.58. The lowest BCUT2D eigenvalue weighted by atomic mass is 10.0. The van der Waals surface area contributed by atoms with Crippen LogP contribution < -0.4 is 5.32 Å². The van der Waals surface area contributed by atoms with Crippen LogP contribution in [-0.4, -0.2) is 6.04 Å². The normalized spacial score (nSPS) is 14.0. The Bertz CT molecular complexity index is 565. The number of aryl methyl sites for hydroxylation is 1. The van der Waals surface area contributed by atoms with Gasteiger partial charge in [0.25, 0.3) is 0 Å². The molecule has 0 aliphatic rings. The predicted octanol–water partition coefficient (Wildman–Crippen LogP) is 4.93. The van der Waals surface area contributed by atoms with Crippen molar-refractivity contribution >= 4 is 11.6 Å². The molecule has 0 saturated carbocycles. The number of benzene rings is 2. The first-order valence-electron chi connectivity index (χ1n) is 7.13. The Hall–Kier alpha value is -1.31. The van der Waals surface area contributed by atoms with Gasteiger partial charge in [0.1, 0.15) is 0 Å². The van der Waals surface area contributed by atoms with E-state index in [1.807, 2.05) is 18.2 Å². The summed E-state index contributed by atoms with van der Waals surface area (Å²) in [4.78, 5) is 0. The minimum Gasteiger partial charge on any atom is -0.307 e. The molecule has 0 aliphatic heterocycles. The van der Waals surface area contributed by atoms with E-state index in [-0.39, 0.29) is 0 Å². The second-order valence-electron chi connectivity index (χ2n) is 5.44. The van der Waals surface area contributed by atoms with Gasteiger partial charge in [-0.2, -0.15) is 0 Å². The van der Waals surface area contributed by atoms with Crippen LogP contribution in [0.1, 0.15) is 36.6 Å². The van der Waals surface area contributed by atoms with Crippen molar-refractivity contribution in [2.45, 2.75) is 39.3 Å². The van der Waals surface area contributed by atoms with Gasteiger partial charge in [0.2, 0.25) is 0 Å². The van der Waals surface area contributed by atoms with E-state index in [4.69, 9.17) is 11.6 Å². The topological polar surface area (TPSA) is 12.0 Å². The molecule has 2 atom stereocenters. The maximum Gasteiger partial charge on any atom is 0.0438 e.